The Hall–Kier alpha value is -3.57. The number of carbonyl (C=O) groups excluding carboxylic acids is 2. The topological polar surface area (TPSA) is 99.2 Å². The van der Waals surface area contributed by atoms with Gasteiger partial charge in [-0.1, -0.05) is 54.1 Å². The molecule has 212 valence electrons. The van der Waals surface area contributed by atoms with Crippen LogP contribution in [0.4, 0.5) is 14.5 Å². The summed E-state index contributed by atoms with van der Waals surface area (Å²) in [7, 11) is 0. The maximum atomic E-state index is 14.5. The number of carbonyl (C=O) groups is 2. The fourth-order valence-electron chi connectivity index (χ4n) is 5.95. The van der Waals surface area contributed by atoms with E-state index < -0.39 is 46.3 Å². The van der Waals surface area contributed by atoms with E-state index in [2.05, 4.69) is 4.72 Å². The van der Waals surface area contributed by atoms with Crippen molar-refractivity contribution in [2.45, 2.75) is 50.1 Å². The lowest BCUT2D eigenvalue weighted by molar-refractivity contribution is -0.143. The molecule has 2 N–H and O–H groups in total. The molecule has 2 heterocycles. The zero-order chi connectivity index (χ0) is 28.4. The monoisotopic (exact) mass is 571 g/mol. The molecule has 4 atom stereocenters. The Bertz CT molecular complexity index is 1390. The molecule has 11 heteroatoms. The van der Waals surface area contributed by atoms with Crippen molar-refractivity contribution in [3.8, 4) is 5.75 Å². The molecule has 0 saturated carbocycles. The van der Waals surface area contributed by atoms with Crippen LogP contribution in [0.15, 0.2) is 66.3 Å². The number of hydrogen-bond acceptors (Lipinski definition) is 5. The number of ether oxygens (including phenoxy) is 1. The first kappa shape index (κ1) is 28.0. The van der Waals surface area contributed by atoms with E-state index in [1.807, 2.05) is 53.5 Å². The van der Waals surface area contributed by atoms with E-state index >= 15 is 0 Å². The van der Waals surface area contributed by atoms with E-state index in [4.69, 9.17) is 4.74 Å². The first-order chi connectivity index (χ1) is 19.2. The van der Waals surface area contributed by atoms with E-state index in [1.165, 1.54) is 4.90 Å². The van der Waals surface area contributed by atoms with Gasteiger partial charge < -0.3 is 14.5 Å². The third kappa shape index (κ3) is 5.40. The van der Waals surface area contributed by atoms with Gasteiger partial charge in [0.2, 0.25) is 5.91 Å². The van der Waals surface area contributed by atoms with Crippen LogP contribution in [0.2, 0.25) is 0 Å². The van der Waals surface area contributed by atoms with Crippen LogP contribution >= 0.6 is 0 Å². The lowest BCUT2D eigenvalue weighted by atomic mass is 9.84. The van der Waals surface area contributed by atoms with Crippen molar-refractivity contribution in [3.05, 3.63) is 83.5 Å². The fourth-order valence-corrected chi connectivity index (χ4v) is 6.32. The summed E-state index contributed by atoms with van der Waals surface area (Å²) in [5, 5.41) is 0. The molecule has 1 saturated heterocycles. The summed E-state index contributed by atoms with van der Waals surface area (Å²) < 4.78 is 57.2. The Morgan fingerprint density at radius 2 is 1.95 bits per heavy atom. The van der Waals surface area contributed by atoms with Crippen LogP contribution in [0.5, 0.6) is 5.75 Å². The highest BCUT2D eigenvalue weighted by molar-refractivity contribution is 7.77. The van der Waals surface area contributed by atoms with Crippen LogP contribution < -0.4 is 14.4 Å². The molecule has 2 aromatic carbocycles. The van der Waals surface area contributed by atoms with Gasteiger partial charge in [0.05, 0.1) is 18.2 Å². The summed E-state index contributed by atoms with van der Waals surface area (Å²) in [6.45, 7) is 2.38. The summed E-state index contributed by atoms with van der Waals surface area (Å²) >= 11 is -2.64. The van der Waals surface area contributed by atoms with Crippen LogP contribution in [0.3, 0.4) is 0 Å². The average Bonchev–Trinajstić information content (AvgIpc) is 3.17. The van der Waals surface area contributed by atoms with Gasteiger partial charge in [0.25, 0.3) is 17.2 Å². The molecule has 0 radical (unpaired) electrons. The molecule has 1 fully saturated rings. The molecule has 3 aliphatic rings. The average molecular weight is 572 g/mol. The van der Waals surface area contributed by atoms with Crippen LogP contribution in [0.1, 0.15) is 44.1 Å². The van der Waals surface area contributed by atoms with Crippen LogP contribution in [-0.2, 0) is 20.9 Å². The molecule has 2 amide bonds. The van der Waals surface area contributed by atoms with Crippen LogP contribution in [0.25, 0.3) is 0 Å². The fraction of sp³-hybridized carbons (Fsp3) is 0.379. The van der Waals surface area contributed by atoms with Crippen molar-refractivity contribution >= 4 is 28.8 Å². The number of anilines is 1. The number of benzene rings is 2. The lowest BCUT2D eigenvalue weighted by Gasteiger charge is -2.36. The van der Waals surface area contributed by atoms with Crippen LogP contribution in [0, 0.1) is 11.6 Å². The van der Waals surface area contributed by atoms with Crippen molar-refractivity contribution in [1.29, 1.82) is 0 Å². The number of allylic oxidation sites excluding steroid dienone is 3. The van der Waals surface area contributed by atoms with Gasteiger partial charge in [-0.05, 0) is 31.7 Å². The minimum absolute atomic E-state index is 0.0890. The van der Waals surface area contributed by atoms with Gasteiger partial charge >= 0.3 is 0 Å². The zero-order valence-electron chi connectivity index (χ0n) is 22.0. The molecule has 0 aromatic heterocycles. The minimum atomic E-state index is -2.64. The number of amides is 2. The number of rotatable bonds is 6. The molecule has 40 heavy (non-hydrogen) atoms. The van der Waals surface area contributed by atoms with Gasteiger partial charge in [-0.25, -0.2) is 17.7 Å². The molecular weight excluding hydrogens is 540 g/mol. The predicted octanol–water partition coefficient (Wildman–Crippen LogP) is 4.23. The van der Waals surface area contributed by atoms with E-state index in [1.54, 1.807) is 6.92 Å². The highest BCUT2D eigenvalue weighted by Crippen LogP contribution is 2.42. The summed E-state index contributed by atoms with van der Waals surface area (Å²) in [4.78, 5) is 31.2. The summed E-state index contributed by atoms with van der Waals surface area (Å²) in [6.07, 6.45) is 7.96. The predicted molar refractivity (Wildman–Crippen MR) is 147 cm³/mol. The standard InChI is InChI=1S/C29H31F2N3O5S/c1-29(28(36)32-40(37)38)17-21(33-13-8-14-39-25-16-23(31)22(30)15-24(25)33)18-34(29)27(35)26(19-9-4-2-5-10-19)20-11-6-3-7-12-20/h2-6,9-11,15-16,21,26H,7-8,12-14,17-18H2,1H3,(H,32,36)(H,37,38). The highest BCUT2D eigenvalue weighted by Gasteiger charge is 2.53. The molecule has 1 aliphatic carbocycles. The quantitative estimate of drug-likeness (QED) is 0.504. The Labute approximate surface area is 234 Å². The smallest absolute Gasteiger partial charge is 0.261 e. The normalized spacial score (nSPS) is 23.9. The van der Waals surface area contributed by atoms with E-state index in [0.717, 1.165) is 29.7 Å². The van der Waals surface area contributed by atoms with Crippen molar-refractivity contribution in [2.24, 2.45) is 0 Å². The molecular formula is C29H31F2N3O5S. The van der Waals surface area contributed by atoms with Gasteiger partial charge in [-0.2, -0.15) is 0 Å². The van der Waals surface area contributed by atoms with Crippen molar-refractivity contribution in [2.75, 3.05) is 24.6 Å². The second-order valence-corrected chi connectivity index (χ2v) is 11.1. The van der Waals surface area contributed by atoms with Gasteiger partial charge in [-0.15, -0.1) is 0 Å². The molecule has 4 unspecified atom stereocenters. The van der Waals surface area contributed by atoms with Gasteiger partial charge in [-0.3, -0.25) is 14.1 Å². The summed E-state index contributed by atoms with van der Waals surface area (Å²) in [6, 6.07) is 10.9. The Morgan fingerprint density at radius 1 is 1.20 bits per heavy atom. The number of likely N-dealkylation sites (tertiary alicyclic amines) is 1. The van der Waals surface area contributed by atoms with Crippen molar-refractivity contribution in [3.63, 3.8) is 0 Å². The van der Waals surface area contributed by atoms with E-state index in [-0.39, 0.29) is 24.6 Å². The number of hydrogen-bond donors (Lipinski definition) is 2. The maximum Gasteiger partial charge on any atom is 0.261 e. The third-order valence-electron chi connectivity index (χ3n) is 7.91. The summed E-state index contributed by atoms with van der Waals surface area (Å²) in [5.74, 6) is -3.62. The third-order valence-corrected chi connectivity index (χ3v) is 8.27. The molecule has 2 aromatic rings. The Balaban J connectivity index is 1.56. The number of halogens is 2. The van der Waals surface area contributed by atoms with Gasteiger partial charge in [0.1, 0.15) is 11.3 Å². The SMILES string of the molecule is CC1(C(=O)NS(=O)O)CC(N2CCCOc3cc(F)c(F)cc32)CN1C(=O)C(C1=CC=CCC1)c1ccccc1. The lowest BCUT2D eigenvalue weighted by Crippen LogP contribution is -2.56. The summed E-state index contributed by atoms with van der Waals surface area (Å²) in [5.41, 5.74) is 0.520. The zero-order valence-corrected chi connectivity index (χ0v) is 22.8. The largest absolute Gasteiger partial charge is 0.491 e. The van der Waals surface area contributed by atoms with Crippen molar-refractivity contribution < 1.29 is 31.9 Å². The second-order valence-electron chi connectivity index (χ2n) is 10.4. The van der Waals surface area contributed by atoms with E-state index in [9.17, 15) is 27.1 Å². The maximum absolute atomic E-state index is 14.5. The molecule has 0 spiro atoms. The first-order valence-electron chi connectivity index (χ1n) is 13.2. The van der Waals surface area contributed by atoms with Crippen molar-refractivity contribution in [1.82, 2.24) is 9.62 Å². The molecule has 8 nitrogen and oxygen atoms in total. The number of fused-ring (bicyclic) bond motifs is 1. The highest BCUT2D eigenvalue weighted by atomic mass is 32.2. The number of nitrogens with zero attached hydrogens (tertiary/aromatic N) is 2. The first-order valence-corrected chi connectivity index (χ1v) is 14.3. The van der Waals surface area contributed by atoms with E-state index in [0.29, 0.717) is 31.7 Å². The second kappa shape index (κ2) is 11.5. The van der Waals surface area contributed by atoms with Crippen LogP contribution in [-0.4, -0.2) is 56.8 Å². The van der Waals surface area contributed by atoms with Gasteiger partial charge in [0, 0.05) is 37.7 Å². The van der Waals surface area contributed by atoms with Gasteiger partial charge in [0.15, 0.2) is 11.6 Å². The minimum Gasteiger partial charge on any atom is -0.491 e. The number of nitrogens with one attached hydrogen (secondary N) is 1. The Kier molecular flexibility index (Phi) is 8.04. The Morgan fingerprint density at radius 3 is 2.65 bits per heavy atom. The molecule has 5 rings (SSSR count). The molecule has 0 bridgehead atoms. The molecule has 2 aliphatic heterocycles.